The number of pyridine rings is 1. The lowest BCUT2D eigenvalue weighted by Crippen LogP contribution is -2.27. The zero-order valence-electron chi connectivity index (χ0n) is 18.0. The first-order chi connectivity index (χ1) is 14.4. The number of aromatic nitrogens is 1. The molecule has 0 fully saturated rings. The highest BCUT2D eigenvalue weighted by Crippen LogP contribution is 2.32. The van der Waals surface area contributed by atoms with Gasteiger partial charge in [0.1, 0.15) is 5.82 Å². The van der Waals surface area contributed by atoms with Crippen LogP contribution >= 0.6 is 12.4 Å². The molecule has 162 valence electrons. The van der Waals surface area contributed by atoms with Crippen LogP contribution < -0.4 is 5.32 Å². The molecule has 0 atom stereocenters. The van der Waals surface area contributed by atoms with Gasteiger partial charge in [0.05, 0.1) is 6.54 Å². The fourth-order valence-electron chi connectivity index (χ4n) is 4.04. The topological polar surface area (TPSA) is 65.5 Å². The Labute approximate surface area is 189 Å². The van der Waals surface area contributed by atoms with Crippen molar-refractivity contribution in [3.05, 3.63) is 70.4 Å². The molecule has 6 nitrogen and oxygen atoms in total. The molecule has 0 radical (unpaired) electrons. The van der Waals surface area contributed by atoms with E-state index in [1.165, 1.54) is 22.3 Å². The number of allylic oxidation sites excluding steroid dienone is 1. The van der Waals surface area contributed by atoms with Crippen molar-refractivity contribution in [2.24, 2.45) is 0 Å². The number of hydrogen-bond acceptors (Lipinski definition) is 4. The summed E-state index contributed by atoms with van der Waals surface area (Å²) in [5.41, 5.74) is 6.95. The Hall–Kier alpha value is -2.96. The van der Waals surface area contributed by atoms with Crippen LogP contribution in [0.2, 0.25) is 0 Å². The Balaban J connectivity index is 0.00000272. The molecule has 2 aliphatic rings. The second kappa shape index (κ2) is 9.45. The number of benzene rings is 1. The van der Waals surface area contributed by atoms with E-state index in [2.05, 4.69) is 41.5 Å². The summed E-state index contributed by atoms with van der Waals surface area (Å²) in [7, 11) is 3.73. The van der Waals surface area contributed by atoms with Gasteiger partial charge in [-0.3, -0.25) is 14.5 Å². The summed E-state index contributed by atoms with van der Waals surface area (Å²) in [5, 5.41) is 2.82. The quantitative estimate of drug-likeness (QED) is 0.743. The number of likely N-dealkylation sites (N-methyl/N-ethyl adjacent to an activating group) is 2. The molecule has 0 bridgehead atoms. The van der Waals surface area contributed by atoms with Crippen molar-refractivity contribution >= 4 is 41.7 Å². The minimum Gasteiger partial charge on any atom is -0.338 e. The van der Waals surface area contributed by atoms with E-state index in [0.29, 0.717) is 25.5 Å². The summed E-state index contributed by atoms with van der Waals surface area (Å²) < 4.78 is 0. The highest BCUT2D eigenvalue weighted by molar-refractivity contribution is 5.93. The molecule has 1 aliphatic carbocycles. The maximum Gasteiger partial charge on any atom is 0.246 e. The van der Waals surface area contributed by atoms with Gasteiger partial charge in [-0.25, -0.2) is 4.98 Å². The molecule has 2 heterocycles. The van der Waals surface area contributed by atoms with Gasteiger partial charge in [0.15, 0.2) is 0 Å². The highest BCUT2D eigenvalue weighted by atomic mass is 35.5. The fourth-order valence-corrected chi connectivity index (χ4v) is 4.04. The van der Waals surface area contributed by atoms with Crippen LogP contribution in [0.1, 0.15) is 29.2 Å². The van der Waals surface area contributed by atoms with E-state index >= 15 is 0 Å². The van der Waals surface area contributed by atoms with Gasteiger partial charge in [0.2, 0.25) is 11.8 Å². The van der Waals surface area contributed by atoms with Crippen molar-refractivity contribution < 1.29 is 9.59 Å². The van der Waals surface area contributed by atoms with E-state index in [1.54, 1.807) is 23.2 Å². The van der Waals surface area contributed by atoms with E-state index < -0.39 is 0 Å². The number of halogens is 1. The first-order valence-electron chi connectivity index (χ1n) is 10.1. The van der Waals surface area contributed by atoms with Crippen LogP contribution in [-0.4, -0.2) is 53.8 Å². The Morgan fingerprint density at radius 2 is 2.03 bits per heavy atom. The van der Waals surface area contributed by atoms with Crippen LogP contribution in [0.25, 0.3) is 11.6 Å². The van der Waals surface area contributed by atoms with Crippen LogP contribution in [0.3, 0.4) is 0 Å². The maximum absolute atomic E-state index is 12.7. The van der Waals surface area contributed by atoms with Gasteiger partial charge in [-0.15, -0.1) is 12.4 Å². The van der Waals surface area contributed by atoms with Gasteiger partial charge in [-0.1, -0.05) is 24.3 Å². The Morgan fingerprint density at radius 3 is 2.81 bits per heavy atom. The molecule has 1 aromatic heterocycles. The second-order valence-electron chi connectivity index (χ2n) is 8.09. The number of carbonyl (C=O) groups is 2. The summed E-state index contributed by atoms with van der Waals surface area (Å²) in [6.07, 6.45) is 5.94. The average molecular weight is 439 g/mol. The number of nitrogens with one attached hydrogen (secondary N) is 1. The Morgan fingerprint density at radius 1 is 1.26 bits per heavy atom. The number of amides is 2. The predicted molar refractivity (Wildman–Crippen MR) is 126 cm³/mol. The molecule has 31 heavy (non-hydrogen) atoms. The molecule has 1 aliphatic heterocycles. The molecule has 7 heteroatoms. The third-order valence-electron chi connectivity index (χ3n) is 5.68. The van der Waals surface area contributed by atoms with Gasteiger partial charge in [-0.05, 0) is 60.4 Å². The first-order valence-corrected chi connectivity index (χ1v) is 10.1. The van der Waals surface area contributed by atoms with Crippen LogP contribution in [-0.2, 0) is 22.6 Å². The van der Waals surface area contributed by atoms with Crippen LogP contribution in [0.15, 0.2) is 48.2 Å². The third kappa shape index (κ3) is 5.03. The zero-order chi connectivity index (χ0) is 21.3. The van der Waals surface area contributed by atoms with Crippen molar-refractivity contribution in [2.75, 3.05) is 32.5 Å². The van der Waals surface area contributed by atoms with E-state index in [1.807, 2.05) is 25.1 Å². The maximum atomic E-state index is 12.7. The SMILES string of the molecule is CC1=C(CN(C)C(=O)C=Cc2cnc3c(c2)CN(C)CC(=O)N3)Cc2ccccc21.Cl. The van der Waals surface area contributed by atoms with Gasteiger partial charge >= 0.3 is 0 Å². The van der Waals surface area contributed by atoms with E-state index in [0.717, 1.165) is 17.5 Å². The highest BCUT2D eigenvalue weighted by Gasteiger charge is 2.20. The average Bonchev–Trinajstić information content (AvgIpc) is 2.94. The lowest BCUT2D eigenvalue weighted by atomic mass is 10.1. The van der Waals surface area contributed by atoms with Gasteiger partial charge in [-0.2, -0.15) is 0 Å². The molecule has 0 saturated heterocycles. The van der Waals surface area contributed by atoms with Crippen molar-refractivity contribution in [1.82, 2.24) is 14.8 Å². The predicted octanol–water partition coefficient (Wildman–Crippen LogP) is 3.39. The summed E-state index contributed by atoms with van der Waals surface area (Å²) in [6, 6.07) is 10.4. The first kappa shape index (κ1) is 22.7. The molecular weight excluding hydrogens is 412 g/mol. The number of fused-ring (bicyclic) bond motifs is 2. The standard InChI is InChI=1S/C24H26N4O2.ClH/c1-16-19(11-18-6-4-5-7-21(16)18)14-28(3)23(30)9-8-17-10-20-13-27(2)15-22(29)26-24(20)25-12-17;/h4-10,12H,11,13-15H2,1-3H3,(H,25,26,29);1H. The summed E-state index contributed by atoms with van der Waals surface area (Å²) in [6.45, 7) is 3.71. The molecular formula is C24H27ClN4O2. The molecule has 4 rings (SSSR count). The van der Waals surface area contributed by atoms with E-state index in [9.17, 15) is 9.59 Å². The lowest BCUT2D eigenvalue weighted by molar-refractivity contribution is -0.124. The second-order valence-corrected chi connectivity index (χ2v) is 8.09. The molecule has 0 saturated carbocycles. The van der Waals surface area contributed by atoms with Crippen molar-refractivity contribution in [3.8, 4) is 0 Å². The smallest absolute Gasteiger partial charge is 0.246 e. The minimum absolute atomic E-state index is 0. The molecule has 2 aromatic rings. The van der Waals surface area contributed by atoms with E-state index in [4.69, 9.17) is 0 Å². The molecule has 2 amide bonds. The lowest BCUT2D eigenvalue weighted by Gasteiger charge is -2.17. The normalized spacial score (nSPS) is 15.8. The van der Waals surface area contributed by atoms with Crippen LogP contribution in [0, 0.1) is 0 Å². The van der Waals surface area contributed by atoms with Crippen LogP contribution in [0.5, 0.6) is 0 Å². The Bertz CT molecular complexity index is 1080. The molecule has 1 aromatic carbocycles. The number of carbonyl (C=O) groups excluding carboxylic acids is 2. The van der Waals surface area contributed by atoms with Crippen molar-refractivity contribution in [3.63, 3.8) is 0 Å². The number of nitrogens with zero attached hydrogens (tertiary/aromatic N) is 3. The fraction of sp³-hybridized carbons (Fsp3) is 0.292. The summed E-state index contributed by atoms with van der Waals surface area (Å²) in [4.78, 5) is 32.5. The van der Waals surface area contributed by atoms with Gasteiger partial charge in [0, 0.05) is 38.0 Å². The minimum atomic E-state index is -0.0671. The third-order valence-corrected chi connectivity index (χ3v) is 5.68. The van der Waals surface area contributed by atoms with Gasteiger partial charge in [0.25, 0.3) is 0 Å². The van der Waals surface area contributed by atoms with Crippen molar-refractivity contribution in [2.45, 2.75) is 19.9 Å². The number of anilines is 1. The number of rotatable bonds is 4. The Kier molecular flexibility index (Phi) is 6.93. The molecule has 1 N–H and O–H groups in total. The van der Waals surface area contributed by atoms with Gasteiger partial charge < -0.3 is 10.2 Å². The summed E-state index contributed by atoms with van der Waals surface area (Å²) in [5.74, 6) is 0.474. The largest absolute Gasteiger partial charge is 0.338 e. The molecule has 0 spiro atoms. The van der Waals surface area contributed by atoms with Crippen molar-refractivity contribution in [1.29, 1.82) is 0 Å². The monoisotopic (exact) mass is 438 g/mol. The van der Waals surface area contributed by atoms with Crippen LogP contribution in [0.4, 0.5) is 5.82 Å². The zero-order valence-corrected chi connectivity index (χ0v) is 18.8. The summed E-state index contributed by atoms with van der Waals surface area (Å²) >= 11 is 0. The number of hydrogen-bond donors (Lipinski definition) is 1. The van der Waals surface area contributed by atoms with E-state index in [-0.39, 0.29) is 24.2 Å². The molecule has 0 unspecified atom stereocenters.